The van der Waals surface area contributed by atoms with Crippen LogP contribution < -0.4 is 16.0 Å². The van der Waals surface area contributed by atoms with Crippen molar-refractivity contribution in [3.8, 4) is 0 Å². The monoisotopic (exact) mass is 407 g/mol. The Bertz CT molecular complexity index is 903. The van der Waals surface area contributed by atoms with E-state index in [9.17, 15) is 14.4 Å². The van der Waals surface area contributed by atoms with Crippen molar-refractivity contribution < 1.29 is 14.4 Å². The van der Waals surface area contributed by atoms with Crippen LogP contribution in [0.25, 0.3) is 0 Å². The summed E-state index contributed by atoms with van der Waals surface area (Å²) < 4.78 is 0. The lowest BCUT2D eigenvalue weighted by Crippen LogP contribution is -2.34. The van der Waals surface area contributed by atoms with Gasteiger partial charge in [0.2, 0.25) is 0 Å². The number of anilines is 1. The lowest BCUT2D eigenvalue weighted by molar-refractivity contribution is -0.114. The molecule has 0 saturated carbocycles. The highest BCUT2D eigenvalue weighted by atomic mass is 16.2. The predicted molar refractivity (Wildman–Crippen MR) is 119 cm³/mol. The molecule has 0 fully saturated rings. The fraction of sp³-hybridized carbons (Fsp3) is 0.292. The highest BCUT2D eigenvalue weighted by Gasteiger charge is 2.19. The van der Waals surface area contributed by atoms with Crippen LogP contribution >= 0.6 is 0 Å². The largest absolute Gasteiger partial charge is 0.359 e. The molecule has 30 heavy (non-hydrogen) atoms. The summed E-state index contributed by atoms with van der Waals surface area (Å²) in [5.41, 5.74) is 3.69. The molecule has 0 aromatic heterocycles. The van der Waals surface area contributed by atoms with Gasteiger partial charge in [-0.1, -0.05) is 32.0 Å². The average Bonchev–Trinajstić information content (AvgIpc) is 3.11. The van der Waals surface area contributed by atoms with Crippen LogP contribution in [-0.4, -0.2) is 30.7 Å². The van der Waals surface area contributed by atoms with Crippen LogP contribution in [0, 0.1) is 0 Å². The number of carbonyl (C=O) groups is 3. The number of hydrogen-bond donors (Lipinski definition) is 3. The van der Waals surface area contributed by atoms with E-state index in [1.807, 2.05) is 39.0 Å². The molecule has 0 saturated heterocycles. The van der Waals surface area contributed by atoms with Crippen molar-refractivity contribution >= 4 is 23.3 Å². The molecular weight excluding hydrogens is 378 g/mol. The summed E-state index contributed by atoms with van der Waals surface area (Å²) in [5, 5.41) is 8.80. The van der Waals surface area contributed by atoms with Gasteiger partial charge in [0.1, 0.15) is 0 Å². The SMILES string of the molecule is CC.CC1=C(Nc2ccc(C(=O)NCCNC(=O)c3ccccc3)cc2)CCC1=O. The van der Waals surface area contributed by atoms with Gasteiger partial charge in [-0.25, -0.2) is 0 Å². The van der Waals surface area contributed by atoms with Crippen LogP contribution in [0.3, 0.4) is 0 Å². The third kappa shape index (κ3) is 6.30. The predicted octanol–water partition coefficient (Wildman–Crippen LogP) is 3.92. The standard InChI is InChI=1S/C22H23N3O3.C2H6/c1-15-19(11-12-20(15)26)25-18-9-7-17(8-10-18)22(28)24-14-13-23-21(27)16-5-3-2-4-6-16;1-2/h2-10,25H,11-14H2,1H3,(H,23,27)(H,24,28);1-2H3. The maximum atomic E-state index is 12.2. The van der Waals surface area contributed by atoms with Crippen molar-refractivity contribution in [3.05, 3.63) is 77.0 Å². The Morgan fingerprint density at radius 2 is 1.33 bits per heavy atom. The second-order valence-electron chi connectivity index (χ2n) is 6.61. The maximum absolute atomic E-state index is 12.2. The molecule has 2 aromatic carbocycles. The van der Waals surface area contributed by atoms with Gasteiger partial charge in [0.25, 0.3) is 11.8 Å². The summed E-state index contributed by atoms with van der Waals surface area (Å²) in [6, 6.07) is 16.0. The Morgan fingerprint density at radius 3 is 1.83 bits per heavy atom. The van der Waals surface area contributed by atoms with Crippen molar-refractivity contribution in [2.24, 2.45) is 0 Å². The molecule has 0 radical (unpaired) electrons. The summed E-state index contributed by atoms with van der Waals surface area (Å²) in [5.74, 6) is -0.190. The number of allylic oxidation sites excluding steroid dienone is 2. The highest BCUT2D eigenvalue weighted by Crippen LogP contribution is 2.24. The van der Waals surface area contributed by atoms with Crippen LogP contribution in [-0.2, 0) is 4.79 Å². The first-order valence-electron chi connectivity index (χ1n) is 10.3. The fourth-order valence-corrected chi connectivity index (χ4v) is 2.96. The number of ketones is 1. The van der Waals surface area contributed by atoms with Gasteiger partial charge < -0.3 is 16.0 Å². The minimum Gasteiger partial charge on any atom is -0.359 e. The lowest BCUT2D eigenvalue weighted by atomic mass is 10.2. The zero-order valence-electron chi connectivity index (χ0n) is 17.7. The molecule has 3 N–H and O–H groups in total. The summed E-state index contributed by atoms with van der Waals surface area (Å²) in [6.07, 6.45) is 1.27. The molecule has 1 aliphatic carbocycles. The minimum atomic E-state index is -0.202. The Morgan fingerprint density at radius 1 is 0.800 bits per heavy atom. The number of amides is 2. The second-order valence-corrected chi connectivity index (χ2v) is 6.61. The molecular formula is C24H29N3O3. The molecule has 0 atom stereocenters. The first-order chi connectivity index (χ1) is 14.5. The van der Waals surface area contributed by atoms with Gasteiger partial charge in [-0.3, -0.25) is 14.4 Å². The van der Waals surface area contributed by atoms with E-state index in [1.54, 1.807) is 36.4 Å². The van der Waals surface area contributed by atoms with Crippen molar-refractivity contribution in [1.82, 2.24) is 10.6 Å². The molecule has 2 amide bonds. The molecule has 1 aliphatic rings. The van der Waals surface area contributed by atoms with Crippen LogP contribution in [0.15, 0.2) is 65.9 Å². The third-order valence-corrected chi connectivity index (χ3v) is 4.65. The Balaban J connectivity index is 0.00000155. The zero-order valence-corrected chi connectivity index (χ0v) is 17.7. The van der Waals surface area contributed by atoms with Crippen LogP contribution in [0.4, 0.5) is 5.69 Å². The van der Waals surface area contributed by atoms with Crippen LogP contribution in [0.5, 0.6) is 0 Å². The lowest BCUT2D eigenvalue weighted by Gasteiger charge is -2.10. The molecule has 0 bridgehead atoms. The summed E-state index contributed by atoms with van der Waals surface area (Å²) in [4.78, 5) is 35.7. The van der Waals surface area contributed by atoms with Gasteiger partial charge >= 0.3 is 0 Å². The van der Waals surface area contributed by atoms with Gasteiger partial charge in [0.05, 0.1) is 0 Å². The van der Waals surface area contributed by atoms with Crippen molar-refractivity contribution in [3.63, 3.8) is 0 Å². The van der Waals surface area contributed by atoms with Gasteiger partial charge in [-0.15, -0.1) is 0 Å². The van der Waals surface area contributed by atoms with Crippen molar-refractivity contribution in [2.45, 2.75) is 33.6 Å². The van der Waals surface area contributed by atoms with E-state index in [-0.39, 0.29) is 17.6 Å². The number of benzene rings is 2. The number of rotatable bonds is 7. The molecule has 0 spiro atoms. The summed E-state index contributed by atoms with van der Waals surface area (Å²) in [7, 11) is 0. The first kappa shape index (κ1) is 22.9. The first-order valence-corrected chi connectivity index (χ1v) is 10.3. The zero-order chi connectivity index (χ0) is 21.9. The fourth-order valence-electron chi connectivity index (χ4n) is 2.96. The highest BCUT2D eigenvalue weighted by molar-refractivity contribution is 5.99. The molecule has 6 heteroatoms. The van der Waals surface area contributed by atoms with E-state index < -0.39 is 0 Å². The minimum absolute atomic E-state index is 0.166. The molecule has 158 valence electrons. The third-order valence-electron chi connectivity index (χ3n) is 4.65. The van der Waals surface area contributed by atoms with Gasteiger partial charge in [0, 0.05) is 47.6 Å². The van der Waals surface area contributed by atoms with Crippen molar-refractivity contribution in [2.75, 3.05) is 18.4 Å². The molecule has 3 rings (SSSR count). The van der Waals surface area contributed by atoms with Crippen LogP contribution in [0.2, 0.25) is 0 Å². The van der Waals surface area contributed by atoms with E-state index in [2.05, 4.69) is 16.0 Å². The normalized spacial score (nSPS) is 12.7. The second kappa shape index (κ2) is 11.6. The Hall–Kier alpha value is -3.41. The Labute approximate surface area is 177 Å². The molecule has 6 nitrogen and oxygen atoms in total. The quantitative estimate of drug-likeness (QED) is 0.607. The topological polar surface area (TPSA) is 87.3 Å². The molecule has 0 unspecified atom stereocenters. The Kier molecular flexibility index (Phi) is 8.81. The van der Waals surface area contributed by atoms with E-state index >= 15 is 0 Å². The molecule has 0 aliphatic heterocycles. The summed E-state index contributed by atoms with van der Waals surface area (Å²) in [6.45, 7) is 6.52. The van der Waals surface area contributed by atoms with Gasteiger partial charge in [-0.2, -0.15) is 0 Å². The van der Waals surface area contributed by atoms with E-state index in [4.69, 9.17) is 0 Å². The number of carbonyl (C=O) groups excluding carboxylic acids is 3. The number of hydrogen-bond acceptors (Lipinski definition) is 4. The van der Waals surface area contributed by atoms with E-state index in [0.717, 1.165) is 23.4 Å². The number of Topliss-reactive ketones (excluding diaryl/α,β-unsaturated/α-hetero) is 1. The molecule has 0 heterocycles. The van der Waals surface area contributed by atoms with Crippen LogP contribution in [0.1, 0.15) is 54.3 Å². The van der Waals surface area contributed by atoms with E-state index in [1.165, 1.54) is 0 Å². The number of nitrogens with one attached hydrogen (secondary N) is 3. The smallest absolute Gasteiger partial charge is 0.251 e. The van der Waals surface area contributed by atoms with E-state index in [0.29, 0.717) is 30.6 Å². The maximum Gasteiger partial charge on any atom is 0.251 e. The van der Waals surface area contributed by atoms with Crippen molar-refractivity contribution in [1.29, 1.82) is 0 Å². The average molecular weight is 408 g/mol. The van der Waals surface area contributed by atoms with Gasteiger partial charge in [-0.05, 0) is 49.7 Å². The molecule has 2 aromatic rings. The summed E-state index contributed by atoms with van der Waals surface area (Å²) >= 11 is 0. The van der Waals surface area contributed by atoms with Gasteiger partial charge in [0.15, 0.2) is 5.78 Å².